The fraction of sp³-hybridized carbons (Fsp3) is 0.256. The van der Waals surface area contributed by atoms with Crippen molar-refractivity contribution in [2.45, 2.75) is 43.9 Å². The van der Waals surface area contributed by atoms with E-state index in [1.54, 1.807) is 86.1 Å². The zero-order valence-corrected chi connectivity index (χ0v) is 39.4. The van der Waals surface area contributed by atoms with Crippen LogP contribution in [0.5, 0.6) is 0 Å². The highest BCUT2D eigenvalue weighted by Gasteiger charge is 2.15. The lowest BCUT2D eigenvalue weighted by molar-refractivity contribution is -0.136. The van der Waals surface area contributed by atoms with Gasteiger partial charge in [0.2, 0.25) is 17.8 Å². The molecule has 7 N–H and O–H groups in total. The number of nitrogens with one attached hydrogen (secondary N) is 4. The molecule has 0 aliphatic carbocycles. The summed E-state index contributed by atoms with van der Waals surface area (Å²) in [6.07, 6.45) is 4.50. The number of carbonyl (C=O) groups excluding carboxylic acids is 3. The molecule has 3 amide bonds. The zero-order chi connectivity index (χ0) is 47.7. The topological polar surface area (TPSA) is 292 Å². The first-order chi connectivity index (χ1) is 31.6. The second-order valence-corrected chi connectivity index (χ2v) is 20.0. The monoisotopic (exact) mass is 993 g/mol. The highest BCUT2D eigenvalue weighted by molar-refractivity contribution is 7.93. The molecule has 24 heteroatoms. The number of carbonyl (C=O) groups is 4. The summed E-state index contributed by atoms with van der Waals surface area (Å²) < 4.78 is 42.2. The van der Waals surface area contributed by atoms with Crippen LogP contribution in [-0.2, 0) is 38.5 Å². The van der Waals surface area contributed by atoms with Gasteiger partial charge in [-0.3, -0.25) is 9.59 Å². The van der Waals surface area contributed by atoms with E-state index in [0.29, 0.717) is 51.2 Å². The van der Waals surface area contributed by atoms with Crippen LogP contribution < -0.4 is 27.0 Å². The lowest BCUT2D eigenvalue weighted by Gasteiger charge is -2.12. The van der Waals surface area contributed by atoms with Crippen LogP contribution in [0.25, 0.3) is 20.9 Å². The summed E-state index contributed by atoms with van der Waals surface area (Å²) in [5.41, 5.74) is 8.08. The summed E-state index contributed by atoms with van der Waals surface area (Å²) >= 11 is 3.07. The van der Waals surface area contributed by atoms with Gasteiger partial charge in [0.05, 0.1) is 50.2 Å². The Morgan fingerprint density at radius 1 is 0.672 bits per heavy atom. The molecule has 6 rings (SSSR count). The summed E-state index contributed by atoms with van der Waals surface area (Å²) in [6, 6.07) is 20.9. The predicted molar refractivity (Wildman–Crippen MR) is 263 cm³/mol. The Morgan fingerprint density at radius 3 is 1.42 bits per heavy atom. The minimum absolute atomic E-state index is 0. The molecule has 4 aromatic heterocycles. The standard InChI is InChI=1S/C21H24N6O4S2.C21H23N5O5S2.CH4/c1-3-31-21(29)27-33(2,30)15-8-6-14(7-9-15)25-20-24-13-16(17-5-4-12-32-17)19(26-20)23-11-10-18(22)28;1-3-31-21(29)26-33(2,30)15-8-6-14(7-9-15)24-20-23-13-16(17-5-4-12-32-17)19(25-20)22-11-10-18(27)28;/h4-9,12-13H,3,10-11H2,1-2H3,(H2,22,28)(H2,23,24,25,26);4-9,12-13H,3,10-11H2,1-2H3,(H,27,28)(H2,22,23,24,25);1H4. The van der Waals surface area contributed by atoms with Crippen molar-refractivity contribution in [3.63, 3.8) is 0 Å². The first kappa shape index (κ1) is 52.6. The Kier molecular flexibility index (Phi) is 19.7. The van der Waals surface area contributed by atoms with Crippen molar-refractivity contribution in [1.29, 1.82) is 0 Å². The number of thiophene rings is 2. The molecular formula is C43H51N11O9S4. The van der Waals surface area contributed by atoms with Crippen LogP contribution in [0.4, 0.5) is 44.5 Å². The van der Waals surface area contributed by atoms with Gasteiger partial charge >= 0.3 is 18.2 Å². The molecule has 0 saturated heterocycles. The zero-order valence-electron chi connectivity index (χ0n) is 36.1. The van der Waals surface area contributed by atoms with Crippen LogP contribution in [0, 0.1) is 0 Å². The normalized spacial score (nSPS) is 12.2. The fourth-order valence-electron chi connectivity index (χ4n) is 5.50. The van der Waals surface area contributed by atoms with Gasteiger partial charge in [-0.25, -0.2) is 28.0 Å². The van der Waals surface area contributed by atoms with Gasteiger partial charge in [0.15, 0.2) is 0 Å². The molecule has 0 aliphatic heterocycles. The van der Waals surface area contributed by atoms with Crippen molar-refractivity contribution in [2.75, 3.05) is 60.1 Å². The smallest absolute Gasteiger partial charge is 0.442 e. The largest absolute Gasteiger partial charge is 0.481 e. The molecule has 4 heterocycles. The number of aromatic nitrogens is 4. The number of hydrogen-bond acceptors (Lipinski definition) is 18. The molecular weight excluding hydrogens is 943 g/mol. The van der Waals surface area contributed by atoms with Gasteiger partial charge in [0.25, 0.3) is 0 Å². The molecule has 0 saturated carbocycles. The Balaban J connectivity index is 0.000000288. The first-order valence-corrected chi connectivity index (χ1v) is 25.5. The molecule has 0 bridgehead atoms. The number of benzene rings is 2. The highest BCUT2D eigenvalue weighted by Crippen LogP contribution is 2.32. The number of anilines is 6. The molecule has 0 fully saturated rings. The average molecular weight is 994 g/mol. The number of aliphatic carboxylic acids is 1. The SMILES string of the molecule is C.CCOC(=O)N=S(C)(=O)c1ccc(Nc2ncc(-c3cccs3)c(NCCC(=O)O)n2)cc1.CCOC(=O)N=S(C)(=O)c1ccc(Nc2ncc(-c3cccs3)c(NCCC(N)=O)n2)cc1. The minimum Gasteiger partial charge on any atom is -0.481 e. The number of nitrogens with zero attached hydrogens (tertiary/aromatic N) is 6. The second kappa shape index (κ2) is 25.0. The average Bonchev–Trinajstić information content (AvgIpc) is 4.01. The van der Waals surface area contributed by atoms with E-state index >= 15 is 0 Å². The summed E-state index contributed by atoms with van der Waals surface area (Å²) in [4.78, 5) is 65.6. The third-order valence-electron chi connectivity index (χ3n) is 8.57. The van der Waals surface area contributed by atoms with Crippen molar-refractivity contribution in [3.05, 3.63) is 96.0 Å². The van der Waals surface area contributed by atoms with Gasteiger partial charge in [-0.1, -0.05) is 19.6 Å². The number of primary amides is 1. The van der Waals surface area contributed by atoms with Gasteiger partial charge in [0.1, 0.15) is 11.6 Å². The number of carboxylic acid groups (broad SMARTS) is 1. The molecule has 2 atom stereocenters. The van der Waals surface area contributed by atoms with Crippen LogP contribution in [0.15, 0.2) is 114 Å². The van der Waals surface area contributed by atoms with Gasteiger partial charge in [-0.15, -0.1) is 31.4 Å². The molecule has 20 nitrogen and oxygen atoms in total. The number of ether oxygens (including phenoxy) is 2. The van der Waals surface area contributed by atoms with Crippen molar-refractivity contribution in [3.8, 4) is 20.9 Å². The van der Waals surface area contributed by atoms with Crippen molar-refractivity contribution >= 4 is 101 Å². The minimum atomic E-state index is -2.94. The van der Waals surface area contributed by atoms with E-state index in [4.69, 9.17) is 20.3 Å². The maximum Gasteiger partial charge on any atom is 0.442 e. The number of rotatable bonds is 18. The lowest BCUT2D eigenvalue weighted by Crippen LogP contribution is -2.16. The Labute approximate surface area is 396 Å². The molecule has 67 heavy (non-hydrogen) atoms. The molecule has 0 aliphatic rings. The Bertz CT molecular complexity index is 2670. The molecule has 356 valence electrons. The number of carboxylic acids is 1. The first-order valence-electron chi connectivity index (χ1n) is 19.9. The second-order valence-electron chi connectivity index (χ2n) is 13.6. The highest BCUT2D eigenvalue weighted by atomic mass is 32.2. The lowest BCUT2D eigenvalue weighted by atomic mass is 10.2. The van der Waals surface area contributed by atoms with Crippen LogP contribution >= 0.6 is 22.7 Å². The predicted octanol–water partition coefficient (Wildman–Crippen LogP) is 8.93. The fourth-order valence-corrected chi connectivity index (χ4v) is 9.14. The molecule has 0 spiro atoms. The van der Waals surface area contributed by atoms with Crippen LogP contribution in [0.3, 0.4) is 0 Å². The summed E-state index contributed by atoms with van der Waals surface area (Å²) in [5.74, 6) is 0.396. The van der Waals surface area contributed by atoms with Crippen molar-refractivity contribution < 1.29 is 42.2 Å². The summed E-state index contributed by atoms with van der Waals surface area (Å²) in [6.45, 7) is 4.17. The van der Waals surface area contributed by atoms with E-state index in [1.165, 1.54) is 23.8 Å². The Hall–Kier alpha value is -7.02. The summed E-state index contributed by atoms with van der Waals surface area (Å²) in [5, 5.41) is 25.2. The summed E-state index contributed by atoms with van der Waals surface area (Å²) in [7, 11) is -5.87. The van der Waals surface area contributed by atoms with Gasteiger partial charge in [0, 0.05) is 75.3 Å². The van der Waals surface area contributed by atoms with E-state index in [9.17, 15) is 27.6 Å². The van der Waals surface area contributed by atoms with E-state index in [1.807, 2.05) is 35.0 Å². The maximum atomic E-state index is 12.7. The van der Waals surface area contributed by atoms with E-state index in [2.05, 4.69) is 49.9 Å². The van der Waals surface area contributed by atoms with E-state index in [0.717, 1.165) is 20.9 Å². The third kappa shape index (κ3) is 16.1. The molecule has 0 radical (unpaired) electrons. The maximum absolute atomic E-state index is 12.7. The van der Waals surface area contributed by atoms with Gasteiger partial charge in [-0.2, -0.15) is 9.97 Å². The van der Waals surface area contributed by atoms with Crippen LogP contribution in [0.2, 0.25) is 0 Å². The van der Waals surface area contributed by atoms with Crippen molar-refractivity contribution in [2.24, 2.45) is 14.5 Å². The van der Waals surface area contributed by atoms with Crippen molar-refractivity contribution in [1.82, 2.24) is 19.9 Å². The third-order valence-corrected chi connectivity index (χ3v) is 13.7. The van der Waals surface area contributed by atoms with Gasteiger partial charge in [-0.05, 0) is 85.3 Å². The number of amides is 3. The van der Waals surface area contributed by atoms with Crippen LogP contribution in [-0.4, -0.2) is 96.3 Å². The molecule has 2 aromatic carbocycles. The van der Waals surface area contributed by atoms with Crippen LogP contribution in [0.1, 0.15) is 34.1 Å². The quantitative estimate of drug-likeness (QED) is 0.0468. The number of hydrogen-bond donors (Lipinski definition) is 6. The van der Waals surface area contributed by atoms with Gasteiger partial charge < -0.3 is 41.6 Å². The molecule has 6 aromatic rings. The Morgan fingerprint density at radius 2 is 1.07 bits per heavy atom. The van der Waals surface area contributed by atoms with E-state index in [-0.39, 0.29) is 40.0 Å². The van der Waals surface area contributed by atoms with E-state index < -0.39 is 43.5 Å². The molecule has 2 unspecified atom stereocenters. The number of nitrogens with two attached hydrogens (primary N) is 1.